The topological polar surface area (TPSA) is 64.9 Å². The smallest absolute Gasteiger partial charge is 0.270 e. The highest BCUT2D eigenvalue weighted by Crippen LogP contribution is 2.58. The quantitative estimate of drug-likeness (QED) is 0.442. The monoisotopic (exact) mass is 261 g/mol. The maximum Gasteiger partial charge on any atom is 0.270 e. The van der Waals surface area contributed by atoms with E-state index < -0.39 is 0 Å². The van der Waals surface area contributed by atoms with Gasteiger partial charge in [-0.1, -0.05) is 6.42 Å². The standard InChI is InChI=1S/C14H15NO4/c16-15(17)9-4-5-11-10(8-9)12-13(18-12)14(19-11)6-2-1-3-7-14/h4-5,8,12-13H,1-3,6-7H2/t12-,13-/m1/s1. The molecule has 0 N–H and O–H groups in total. The number of rotatable bonds is 1. The van der Waals surface area contributed by atoms with Crippen LogP contribution in [-0.4, -0.2) is 16.6 Å². The molecule has 4 rings (SSSR count). The van der Waals surface area contributed by atoms with E-state index >= 15 is 0 Å². The molecule has 0 aromatic heterocycles. The summed E-state index contributed by atoms with van der Waals surface area (Å²) in [6.07, 6.45) is 5.78. The first kappa shape index (κ1) is 11.2. The fourth-order valence-corrected chi connectivity index (χ4v) is 3.53. The van der Waals surface area contributed by atoms with Crippen LogP contribution in [0.25, 0.3) is 0 Å². The average molecular weight is 261 g/mol. The zero-order valence-corrected chi connectivity index (χ0v) is 10.5. The third-order valence-corrected chi connectivity index (χ3v) is 4.53. The Kier molecular flexibility index (Phi) is 2.18. The molecule has 1 aromatic rings. The van der Waals surface area contributed by atoms with E-state index in [-0.39, 0.29) is 28.4 Å². The molecule has 2 heterocycles. The molecule has 2 atom stereocenters. The second-order valence-corrected chi connectivity index (χ2v) is 5.68. The molecular weight excluding hydrogens is 246 g/mol. The predicted molar refractivity (Wildman–Crippen MR) is 67.2 cm³/mol. The van der Waals surface area contributed by atoms with Crippen LogP contribution in [0.3, 0.4) is 0 Å². The lowest BCUT2D eigenvalue weighted by molar-refractivity contribution is -0.385. The minimum Gasteiger partial charge on any atom is -0.484 e. The Hall–Kier alpha value is -1.62. The highest BCUT2D eigenvalue weighted by molar-refractivity contribution is 5.49. The van der Waals surface area contributed by atoms with Gasteiger partial charge in [0.25, 0.3) is 5.69 Å². The predicted octanol–water partition coefficient (Wildman–Crippen LogP) is 3.13. The Morgan fingerprint density at radius 2 is 2.05 bits per heavy atom. The molecule has 0 radical (unpaired) electrons. The number of nitro benzene ring substituents is 1. The van der Waals surface area contributed by atoms with E-state index in [1.807, 2.05) is 0 Å². The van der Waals surface area contributed by atoms with Crippen molar-refractivity contribution in [2.24, 2.45) is 0 Å². The lowest BCUT2D eigenvalue weighted by Gasteiger charge is -2.39. The summed E-state index contributed by atoms with van der Waals surface area (Å²) in [5.41, 5.74) is 0.776. The molecule has 1 spiro atoms. The third kappa shape index (κ3) is 1.57. The fraction of sp³-hybridized carbons (Fsp3) is 0.571. The van der Waals surface area contributed by atoms with E-state index in [0.717, 1.165) is 24.2 Å². The molecule has 1 aromatic carbocycles. The van der Waals surface area contributed by atoms with Gasteiger partial charge in [0, 0.05) is 17.7 Å². The van der Waals surface area contributed by atoms with Gasteiger partial charge in [-0.05, 0) is 31.7 Å². The maximum atomic E-state index is 10.8. The van der Waals surface area contributed by atoms with E-state index in [1.165, 1.54) is 25.3 Å². The summed E-state index contributed by atoms with van der Waals surface area (Å²) in [6, 6.07) is 4.83. The summed E-state index contributed by atoms with van der Waals surface area (Å²) in [5, 5.41) is 10.8. The molecule has 19 heavy (non-hydrogen) atoms. The largest absolute Gasteiger partial charge is 0.484 e. The zero-order chi connectivity index (χ0) is 13.0. The first-order chi connectivity index (χ1) is 9.20. The molecule has 5 heteroatoms. The number of epoxide rings is 1. The average Bonchev–Trinajstić information content (AvgIpc) is 3.21. The first-order valence-electron chi connectivity index (χ1n) is 6.82. The molecule has 2 fully saturated rings. The second-order valence-electron chi connectivity index (χ2n) is 5.68. The van der Waals surface area contributed by atoms with Crippen molar-refractivity contribution in [2.75, 3.05) is 0 Å². The van der Waals surface area contributed by atoms with E-state index in [2.05, 4.69) is 0 Å². The van der Waals surface area contributed by atoms with Gasteiger partial charge in [-0.2, -0.15) is 0 Å². The van der Waals surface area contributed by atoms with E-state index in [1.54, 1.807) is 12.1 Å². The molecule has 1 saturated carbocycles. The lowest BCUT2D eigenvalue weighted by Crippen LogP contribution is -2.45. The Balaban J connectivity index is 1.72. The Morgan fingerprint density at radius 1 is 1.26 bits per heavy atom. The van der Waals surface area contributed by atoms with Crippen molar-refractivity contribution in [1.82, 2.24) is 0 Å². The molecular formula is C14H15NO4. The third-order valence-electron chi connectivity index (χ3n) is 4.53. The number of benzene rings is 1. The highest BCUT2D eigenvalue weighted by atomic mass is 16.6. The summed E-state index contributed by atoms with van der Waals surface area (Å²) < 4.78 is 12.0. The van der Waals surface area contributed by atoms with Crippen molar-refractivity contribution < 1.29 is 14.4 Å². The highest BCUT2D eigenvalue weighted by Gasteiger charge is 2.61. The number of fused-ring (bicyclic) bond motifs is 4. The number of nitrogens with zero attached hydrogens (tertiary/aromatic N) is 1. The van der Waals surface area contributed by atoms with Crippen molar-refractivity contribution in [3.63, 3.8) is 0 Å². The van der Waals surface area contributed by atoms with Gasteiger partial charge in [0.05, 0.1) is 4.92 Å². The maximum absolute atomic E-state index is 10.8. The number of ether oxygens (including phenoxy) is 2. The molecule has 5 nitrogen and oxygen atoms in total. The van der Waals surface area contributed by atoms with Crippen LogP contribution in [0.1, 0.15) is 43.8 Å². The summed E-state index contributed by atoms with van der Waals surface area (Å²) >= 11 is 0. The first-order valence-corrected chi connectivity index (χ1v) is 6.82. The van der Waals surface area contributed by atoms with Gasteiger partial charge in [0.2, 0.25) is 0 Å². The van der Waals surface area contributed by atoms with Gasteiger partial charge in [0.1, 0.15) is 23.6 Å². The summed E-state index contributed by atoms with van der Waals surface area (Å²) in [5.74, 6) is 0.770. The zero-order valence-electron chi connectivity index (χ0n) is 10.5. The second kappa shape index (κ2) is 3.70. The minimum absolute atomic E-state index is 0.00162. The van der Waals surface area contributed by atoms with Gasteiger partial charge < -0.3 is 9.47 Å². The van der Waals surface area contributed by atoms with Crippen LogP contribution >= 0.6 is 0 Å². The van der Waals surface area contributed by atoms with Gasteiger partial charge in [-0.25, -0.2) is 0 Å². The molecule has 1 saturated heterocycles. The molecule has 0 bridgehead atoms. The van der Waals surface area contributed by atoms with Crippen molar-refractivity contribution in [3.05, 3.63) is 33.9 Å². The summed E-state index contributed by atoms with van der Waals surface area (Å²) in [7, 11) is 0. The van der Waals surface area contributed by atoms with E-state index in [9.17, 15) is 10.1 Å². The van der Waals surface area contributed by atoms with Crippen LogP contribution < -0.4 is 4.74 Å². The van der Waals surface area contributed by atoms with Crippen molar-refractivity contribution in [2.45, 2.75) is 49.9 Å². The SMILES string of the molecule is O=[N+]([O-])c1ccc2c(c1)[C@H]1O[C@H]1C1(CCCCC1)O2. The Labute approximate surface area is 110 Å². The van der Waals surface area contributed by atoms with Crippen molar-refractivity contribution >= 4 is 5.69 Å². The van der Waals surface area contributed by atoms with Crippen molar-refractivity contribution in [1.29, 1.82) is 0 Å². The van der Waals surface area contributed by atoms with Crippen LogP contribution in [0.15, 0.2) is 18.2 Å². The minimum atomic E-state index is -0.372. The normalized spacial score (nSPS) is 30.1. The molecule has 1 aliphatic carbocycles. The Bertz CT molecular complexity index is 550. The van der Waals surface area contributed by atoms with Gasteiger partial charge in [0.15, 0.2) is 0 Å². The molecule has 100 valence electrons. The van der Waals surface area contributed by atoms with Crippen molar-refractivity contribution in [3.8, 4) is 5.75 Å². The number of nitro groups is 1. The van der Waals surface area contributed by atoms with Crippen LogP contribution in [0.2, 0.25) is 0 Å². The van der Waals surface area contributed by atoms with Crippen LogP contribution in [-0.2, 0) is 4.74 Å². The van der Waals surface area contributed by atoms with E-state index in [0.29, 0.717) is 0 Å². The van der Waals surface area contributed by atoms with E-state index in [4.69, 9.17) is 9.47 Å². The van der Waals surface area contributed by atoms with Gasteiger partial charge >= 0.3 is 0 Å². The number of non-ortho nitro benzene ring substituents is 1. The number of hydrogen-bond donors (Lipinski definition) is 0. The Morgan fingerprint density at radius 3 is 2.79 bits per heavy atom. The van der Waals surface area contributed by atoms with Crippen LogP contribution in [0.5, 0.6) is 5.75 Å². The lowest BCUT2D eigenvalue weighted by atomic mass is 9.79. The van der Waals surface area contributed by atoms with Gasteiger partial charge in [-0.15, -0.1) is 0 Å². The molecule has 3 aliphatic rings. The molecule has 0 unspecified atom stereocenters. The summed E-state index contributed by atoms with van der Waals surface area (Å²) in [6.45, 7) is 0. The molecule has 2 aliphatic heterocycles. The summed E-state index contributed by atoms with van der Waals surface area (Å²) in [4.78, 5) is 10.5. The fourth-order valence-electron chi connectivity index (χ4n) is 3.53. The van der Waals surface area contributed by atoms with Gasteiger partial charge in [-0.3, -0.25) is 10.1 Å². The van der Waals surface area contributed by atoms with Crippen LogP contribution in [0, 0.1) is 10.1 Å². The number of hydrogen-bond acceptors (Lipinski definition) is 4. The van der Waals surface area contributed by atoms with Crippen LogP contribution in [0.4, 0.5) is 5.69 Å². The molecule has 0 amide bonds.